The van der Waals surface area contributed by atoms with Crippen LogP contribution in [0.5, 0.6) is 0 Å². The molecule has 1 aromatic carbocycles. The van der Waals surface area contributed by atoms with Gasteiger partial charge in [-0.15, -0.1) is 0 Å². The van der Waals surface area contributed by atoms with Crippen LogP contribution in [0.2, 0.25) is 0 Å². The van der Waals surface area contributed by atoms with Gasteiger partial charge in [-0.1, -0.05) is 0 Å². The molecule has 0 saturated carbocycles. The van der Waals surface area contributed by atoms with Gasteiger partial charge in [0.05, 0.1) is 18.1 Å². The molecule has 178 valence electrons. The standard InChI is InChI=1S/C23H25FN6O4/c24-16-1-2-20-18(11-16)21(29-23(33)34-20)28-13-17(32)12-26-7-8-30(9-10-31)22-19-14-25-5-3-15(19)4-6-27-22/h1-6,11,14,17,26,31-32H,7-10,12-13H2,(H,28,29,33). The molecule has 34 heavy (non-hydrogen) atoms. The predicted molar refractivity (Wildman–Crippen MR) is 126 cm³/mol. The number of nitrogens with one attached hydrogen (secondary N) is 2. The second-order valence-electron chi connectivity index (χ2n) is 7.65. The summed E-state index contributed by atoms with van der Waals surface area (Å²) in [7, 11) is 0. The summed E-state index contributed by atoms with van der Waals surface area (Å²) in [6.07, 6.45) is 4.39. The Morgan fingerprint density at radius 1 is 1.12 bits per heavy atom. The van der Waals surface area contributed by atoms with E-state index in [1.165, 1.54) is 18.2 Å². The Morgan fingerprint density at radius 3 is 2.82 bits per heavy atom. The minimum absolute atomic E-state index is 0.0303. The number of aromatic nitrogens is 3. The molecule has 0 aliphatic heterocycles. The largest absolute Gasteiger partial charge is 0.441 e. The van der Waals surface area contributed by atoms with E-state index in [2.05, 4.69) is 25.6 Å². The van der Waals surface area contributed by atoms with Crippen molar-refractivity contribution in [1.82, 2.24) is 20.3 Å². The lowest BCUT2D eigenvalue weighted by atomic mass is 10.2. The lowest BCUT2D eigenvalue weighted by Crippen LogP contribution is -2.39. The molecule has 11 heteroatoms. The average Bonchev–Trinajstić information content (AvgIpc) is 2.84. The molecule has 0 aliphatic carbocycles. The quantitative estimate of drug-likeness (QED) is 0.237. The van der Waals surface area contributed by atoms with Gasteiger partial charge in [0.1, 0.15) is 23.0 Å². The topological polar surface area (TPSA) is 137 Å². The van der Waals surface area contributed by atoms with E-state index in [4.69, 9.17) is 4.42 Å². The van der Waals surface area contributed by atoms with Gasteiger partial charge in [0.15, 0.2) is 0 Å². The minimum atomic E-state index is -0.810. The zero-order valence-corrected chi connectivity index (χ0v) is 18.3. The number of anilines is 2. The van der Waals surface area contributed by atoms with Gasteiger partial charge in [-0.05, 0) is 35.7 Å². The molecule has 3 heterocycles. The molecule has 0 aliphatic rings. The van der Waals surface area contributed by atoms with Crippen molar-refractivity contribution in [2.45, 2.75) is 6.10 Å². The Hall–Kier alpha value is -3.67. The lowest BCUT2D eigenvalue weighted by Gasteiger charge is -2.24. The van der Waals surface area contributed by atoms with E-state index >= 15 is 0 Å². The molecule has 0 amide bonds. The number of benzene rings is 1. The fourth-order valence-electron chi connectivity index (χ4n) is 3.64. The van der Waals surface area contributed by atoms with Crippen molar-refractivity contribution in [2.24, 2.45) is 0 Å². The van der Waals surface area contributed by atoms with E-state index in [1.807, 2.05) is 17.0 Å². The highest BCUT2D eigenvalue weighted by Gasteiger charge is 2.13. The molecule has 10 nitrogen and oxygen atoms in total. The molecule has 0 fully saturated rings. The molecule has 4 N–H and O–H groups in total. The Morgan fingerprint density at radius 2 is 1.97 bits per heavy atom. The Kier molecular flexibility index (Phi) is 7.58. The highest BCUT2D eigenvalue weighted by molar-refractivity contribution is 5.91. The zero-order chi connectivity index (χ0) is 23.9. The summed E-state index contributed by atoms with van der Waals surface area (Å²) < 4.78 is 18.6. The monoisotopic (exact) mass is 468 g/mol. The van der Waals surface area contributed by atoms with Crippen LogP contribution in [-0.2, 0) is 0 Å². The number of hydrogen-bond acceptors (Lipinski definition) is 10. The minimum Gasteiger partial charge on any atom is -0.408 e. The number of pyridine rings is 2. The average molecular weight is 468 g/mol. The fraction of sp³-hybridized carbons (Fsp3) is 0.304. The van der Waals surface area contributed by atoms with Crippen LogP contribution in [0.1, 0.15) is 0 Å². The summed E-state index contributed by atoms with van der Waals surface area (Å²) >= 11 is 0. The first kappa shape index (κ1) is 23.5. The van der Waals surface area contributed by atoms with Crippen molar-refractivity contribution in [3.8, 4) is 0 Å². The molecule has 0 radical (unpaired) electrons. The zero-order valence-electron chi connectivity index (χ0n) is 18.3. The van der Waals surface area contributed by atoms with E-state index < -0.39 is 17.7 Å². The number of aliphatic hydroxyl groups excluding tert-OH is 2. The van der Waals surface area contributed by atoms with Crippen LogP contribution < -0.4 is 21.3 Å². The molecule has 0 spiro atoms. The highest BCUT2D eigenvalue weighted by atomic mass is 19.1. The number of halogens is 1. The van der Waals surface area contributed by atoms with Gasteiger partial charge in [-0.2, -0.15) is 4.98 Å². The molecule has 3 aromatic heterocycles. The maximum Gasteiger partial charge on any atom is 0.441 e. The molecular formula is C23H25FN6O4. The van der Waals surface area contributed by atoms with Gasteiger partial charge in [-0.3, -0.25) is 4.98 Å². The maximum atomic E-state index is 13.6. The third-order valence-electron chi connectivity index (χ3n) is 5.26. The third-order valence-corrected chi connectivity index (χ3v) is 5.26. The molecule has 1 atom stereocenters. The molecule has 1 unspecified atom stereocenters. The Balaban J connectivity index is 1.31. The van der Waals surface area contributed by atoms with Crippen LogP contribution in [0, 0.1) is 5.82 Å². The smallest absolute Gasteiger partial charge is 0.408 e. The SMILES string of the molecule is O=c1nc(NCC(O)CNCCN(CCO)c2nccc3ccncc23)c2cc(F)ccc2o1. The van der Waals surface area contributed by atoms with Gasteiger partial charge >= 0.3 is 5.76 Å². The summed E-state index contributed by atoms with van der Waals surface area (Å²) in [4.78, 5) is 26.0. The number of fused-ring (bicyclic) bond motifs is 2. The molecule has 0 bridgehead atoms. The molecular weight excluding hydrogens is 443 g/mol. The van der Waals surface area contributed by atoms with E-state index in [0.717, 1.165) is 16.6 Å². The first-order valence-electron chi connectivity index (χ1n) is 10.8. The molecule has 4 aromatic rings. The second-order valence-corrected chi connectivity index (χ2v) is 7.65. The van der Waals surface area contributed by atoms with Crippen molar-refractivity contribution in [1.29, 1.82) is 0 Å². The van der Waals surface area contributed by atoms with Crippen LogP contribution >= 0.6 is 0 Å². The predicted octanol–water partition coefficient (Wildman–Crippen LogP) is 1.13. The first-order valence-corrected chi connectivity index (χ1v) is 10.8. The van der Waals surface area contributed by atoms with Crippen molar-refractivity contribution < 1.29 is 19.0 Å². The van der Waals surface area contributed by atoms with Crippen LogP contribution in [-0.4, -0.2) is 70.6 Å². The normalized spacial score (nSPS) is 12.2. The lowest BCUT2D eigenvalue weighted by molar-refractivity contribution is 0.184. The summed E-state index contributed by atoms with van der Waals surface area (Å²) in [5.74, 6) is -0.418. The van der Waals surface area contributed by atoms with Crippen LogP contribution in [0.3, 0.4) is 0 Å². The molecule has 4 rings (SSSR count). The summed E-state index contributed by atoms with van der Waals surface area (Å²) in [6, 6.07) is 7.57. The third kappa shape index (κ3) is 5.63. The number of hydrogen-bond donors (Lipinski definition) is 4. The van der Waals surface area contributed by atoms with Gasteiger partial charge in [0.25, 0.3) is 0 Å². The number of aliphatic hydroxyl groups is 2. The van der Waals surface area contributed by atoms with E-state index in [-0.39, 0.29) is 31.1 Å². The summed E-state index contributed by atoms with van der Waals surface area (Å²) in [6.45, 7) is 1.80. The van der Waals surface area contributed by atoms with Gasteiger partial charge in [-0.25, -0.2) is 14.2 Å². The second kappa shape index (κ2) is 11.0. The number of nitrogens with zero attached hydrogens (tertiary/aromatic N) is 4. The fourth-order valence-corrected chi connectivity index (χ4v) is 3.64. The van der Waals surface area contributed by atoms with E-state index in [1.54, 1.807) is 18.6 Å². The molecule has 0 saturated heterocycles. The van der Waals surface area contributed by atoms with Crippen molar-refractivity contribution in [3.05, 3.63) is 65.3 Å². The first-order chi connectivity index (χ1) is 16.5. The van der Waals surface area contributed by atoms with Crippen LogP contribution in [0.25, 0.3) is 21.7 Å². The maximum absolute atomic E-state index is 13.6. The Bertz CT molecular complexity index is 1310. The highest BCUT2D eigenvalue weighted by Crippen LogP contribution is 2.23. The van der Waals surface area contributed by atoms with Crippen molar-refractivity contribution in [2.75, 3.05) is 49.5 Å². The van der Waals surface area contributed by atoms with Crippen molar-refractivity contribution >= 4 is 33.4 Å². The van der Waals surface area contributed by atoms with Gasteiger partial charge < -0.3 is 30.2 Å². The van der Waals surface area contributed by atoms with Crippen LogP contribution in [0.15, 0.2) is 58.1 Å². The Labute approximate surface area is 194 Å². The van der Waals surface area contributed by atoms with Crippen LogP contribution in [0.4, 0.5) is 16.0 Å². The van der Waals surface area contributed by atoms with Crippen molar-refractivity contribution in [3.63, 3.8) is 0 Å². The van der Waals surface area contributed by atoms with Gasteiger partial charge in [0.2, 0.25) is 0 Å². The van der Waals surface area contributed by atoms with Gasteiger partial charge in [0, 0.05) is 56.7 Å². The van der Waals surface area contributed by atoms with E-state index in [0.29, 0.717) is 25.0 Å². The van der Waals surface area contributed by atoms with E-state index in [9.17, 15) is 19.4 Å². The number of rotatable bonds is 11. The summed E-state index contributed by atoms with van der Waals surface area (Å²) in [5.41, 5.74) is 0.206. The summed E-state index contributed by atoms with van der Waals surface area (Å²) in [5, 5.41) is 28.1.